The number of benzene rings is 2. The quantitative estimate of drug-likeness (QED) is 0.353. The highest BCUT2D eigenvalue weighted by Gasteiger charge is 2.46. The van der Waals surface area contributed by atoms with Gasteiger partial charge in [0.1, 0.15) is 11.5 Å². The van der Waals surface area contributed by atoms with Gasteiger partial charge < -0.3 is 28.4 Å². The number of hydrogen-bond donors (Lipinski definition) is 0. The van der Waals surface area contributed by atoms with Crippen LogP contribution in [0.1, 0.15) is 35.0 Å². The van der Waals surface area contributed by atoms with Crippen LogP contribution in [0.5, 0.6) is 11.5 Å². The number of furan rings is 1. The number of amides is 2. The van der Waals surface area contributed by atoms with Crippen LogP contribution >= 0.6 is 0 Å². The molecule has 9 nitrogen and oxygen atoms in total. The van der Waals surface area contributed by atoms with Crippen LogP contribution in [0.25, 0.3) is 0 Å². The molecule has 1 aromatic heterocycles. The molecule has 2 aliphatic heterocycles. The van der Waals surface area contributed by atoms with Gasteiger partial charge in [-0.15, -0.1) is 0 Å². The van der Waals surface area contributed by atoms with E-state index in [1.165, 1.54) is 5.56 Å². The number of ether oxygens (including phenoxy) is 3. The number of fused-ring (bicyclic) bond motifs is 1. The second kappa shape index (κ2) is 12.4. The minimum Gasteiger partial charge on any atom is -0.464 e. The Labute approximate surface area is 240 Å². The predicted molar refractivity (Wildman–Crippen MR) is 151 cm³/mol. The Morgan fingerprint density at radius 2 is 1.73 bits per heavy atom. The van der Waals surface area contributed by atoms with Crippen molar-refractivity contribution < 1.29 is 28.2 Å². The summed E-state index contributed by atoms with van der Waals surface area (Å²) >= 11 is 0. The van der Waals surface area contributed by atoms with Crippen LogP contribution in [0.15, 0.2) is 65.1 Å². The zero-order valence-electron chi connectivity index (χ0n) is 23.5. The lowest BCUT2D eigenvalue weighted by molar-refractivity contribution is -0.142. The van der Waals surface area contributed by atoms with Crippen molar-refractivity contribution >= 4 is 11.8 Å². The summed E-state index contributed by atoms with van der Waals surface area (Å²) in [5.74, 6) is 2.91. The van der Waals surface area contributed by atoms with Crippen LogP contribution in [0.3, 0.4) is 0 Å². The van der Waals surface area contributed by atoms with Gasteiger partial charge in [-0.05, 0) is 54.7 Å². The molecule has 6 rings (SSSR count). The van der Waals surface area contributed by atoms with E-state index in [1.54, 1.807) is 9.80 Å². The van der Waals surface area contributed by atoms with Crippen molar-refractivity contribution in [2.75, 3.05) is 52.7 Å². The Morgan fingerprint density at radius 3 is 2.51 bits per heavy atom. The number of aryl methyl sites for hydroxylation is 1. The molecule has 216 valence electrons. The van der Waals surface area contributed by atoms with Gasteiger partial charge in [-0.2, -0.15) is 0 Å². The molecule has 0 bridgehead atoms. The first-order chi connectivity index (χ1) is 20.0. The van der Waals surface area contributed by atoms with E-state index in [1.807, 2.05) is 55.5 Å². The van der Waals surface area contributed by atoms with Crippen LogP contribution in [0.2, 0.25) is 0 Å². The predicted octanol–water partition coefficient (Wildman–Crippen LogP) is 3.81. The summed E-state index contributed by atoms with van der Waals surface area (Å²) in [4.78, 5) is 33.6. The number of carbonyl (C=O) groups excluding carboxylic acids is 2. The van der Waals surface area contributed by atoms with Gasteiger partial charge in [0.15, 0.2) is 11.5 Å². The normalized spacial score (nSPS) is 19.6. The summed E-state index contributed by atoms with van der Waals surface area (Å²) in [7, 11) is 0. The Kier molecular flexibility index (Phi) is 8.25. The third kappa shape index (κ3) is 6.74. The first-order valence-corrected chi connectivity index (χ1v) is 14.4. The Balaban J connectivity index is 1.19. The standard InChI is InChI=1S/C32H37N3O6/c1-23-7-9-26(41-23)20-35(19-24-8-10-29-30(17-24)40-22-39-29)31(36)21-34(12-11-33-13-15-38-16-14-33)32(37)28-18-27(28)25-5-3-2-4-6-25/h2-10,17,27-28H,11-16,18-22H2,1H3/t27-,28?/m0/s1. The fourth-order valence-electron chi connectivity index (χ4n) is 5.64. The van der Waals surface area contributed by atoms with E-state index < -0.39 is 0 Å². The lowest BCUT2D eigenvalue weighted by atomic mass is 10.1. The molecule has 9 heteroatoms. The summed E-state index contributed by atoms with van der Waals surface area (Å²) in [6.45, 7) is 7.03. The van der Waals surface area contributed by atoms with Crippen LogP contribution in [0, 0.1) is 12.8 Å². The van der Waals surface area contributed by atoms with Gasteiger partial charge in [0.25, 0.3) is 0 Å². The molecule has 1 saturated heterocycles. The highest BCUT2D eigenvalue weighted by Crippen LogP contribution is 2.48. The summed E-state index contributed by atoms with van der Waals surface area (Å²) in [6.07, 6.45) is 0.817. The molecule has 3 aliphatic rings. The van der Waals surface area contributed by atoms with Gasteiger partial charge in [-0.1, -0.05) is 36.4 Å². The third-order valence-electron chi connectivity index (χ3n) is 8.07. The zero-order chi connectivity index (χ0) is 28.2. The van der Waals surface area contributed by atoms with Crippen molar-refractivity contribution in [3.05, 3.63) is 83.3 Å². The second-order valence-corrected chi connectivity index (χ2v) is 11.0. The molecular formula is C32H37N3O6. The molecule has 0 N–H and O–H groups in total. The monoisotopic (exact) mass is 559 g/mol. The van der Waals surface area contributed by atoms with Crippen LogP contribution < -0.4 is 9.47 Å². The van der Waals surface area contributed by atoms with Crippen molar-refractivity contribution in [3.8, 4) is 11.5 Å². The molecule has 2 amide bonds. The lowest BCUT2D eigenvalue weighted by Crippen LogP contribution is -2.47. The van der Waals surface area contributed by atoms with Crippen molar-refractivity contribution in [2.24, 2.45) is 5.92 Å². The SMILES string of the molecule is Cc1ccc(CN(Cc2ccc3c(c2)OCO3)C(=O)CN(CCN2CCOCC2)C(=O)C2C[C@H]2c2ccccc2)o1. The van der Waals surface area contributed by atoms with E-state index in [4.69, 9.17) is 18.6 Å². The second-order valence-electron chi connectivity index (χ2n) is 11.0. The first kappa shape index (κ1) is 27.4. The van der Waals surface area contributed by atoms with Crippen molar-refractivity contribution in [2.45, 2.75) is 32.4 Å². The summed E-state index contributed by atoms with van der Waals surface area (Å²) < 4.78 is 22.3. The number of hydrogen-bond acceptors (Lipinski definition) is 7. The molecule has 1 aliphatic carbocycles. The number of nitrogens with zero attached hydrogens (tertiary/aromatic N) is 3. The molecule has 3 heterocycles. The smallest absolute Gasteiger partial charge is 0.242 e. The maximum Gasteiger partial charge on any atom is 0.242 e. The molecule has 1 saturated carbocycles. The maximum atomic E-state index is 14.0. The van der Waals surface area contributed by atoms with E-state index in [9.17, 15) is 9.59 Å². The van der Waals surface area contributed by atoms with Gasteiger partial charge in [0, 0.05) is 38.6 Å². The molecule has 2 aromatic carbocycles. The molecule has 2 fully saturated rings. The number of morpholine rings is 1. The topological polar surface area (TPSA) is 84.7 Å². The fourth-order valence-corrected chi connectivity index (χ4v) is 5.64. The van der Waals surface area contributed by atoms with Crippen LogP contribution in [-0.2, 0) is 27.4 Å². The van der Waals surface area contributed by atoms with E-state index in [2.05, 4.69) is 17.0 Å². The van der Waals surface area contributed by atoms with Crippen molar-refractivity contribution in [3.63, 3.8) is 0 Å². The molecule has 1 unspecified atom stereocenters. The van der Waals surface area contributed by atoms with E-state index in [0.29, 0.717) is 56.7 Å². The summed E-state index contributed by atoms with van der Waals surface area (Å²) in [5.41, 5.74) is 2.10. The molecular weight excluding hydrogens is 522 g/mol. The number of carbonyl (C=O) groups is 2. The van der Waals surface area contributed by atoms with E-state index in [0.717, 1.165) is 30.8 Å². The molecule has 2 atom stereocenters. The molecule has 0 radical (unpaired) electrons. The molecule has 41 heavy (non-hydrogen) atoms. The van der Waals surface area contributed by atoms with Gasteiger partial charge >= 0.3 is 0 Å². The average Bonchev–Trinajstić information content (AvgIpc) is 3.48. The largest absolute Gasteiger partial charge is 0.464 e. The van der Waals surface area contributed by atoms with Gasteiger partial charge in [0.2, 0.25) is 18.6 Å². The van der Waals surface area contributed by atoms with Gasteiger partial charge in [-0.3, -0.25) is 14.5 Å². The van der Waals surface area contributed by atoms with Crippen molar-refractivity contribution in [1.82, 2.24) is 14.7 Å². The molecule has 3 aromatic rings. The van der Waals surface area contributed by atoms with Crippen LogP contribution in [-0.4, -0.2) is 79.2 Å². The highest BCUT2D eigenvalue weighted by molar-refractivity contribution is 5.88. The highest BCUT2D eigenvalue weighted by atomic mass is 16.7. The fraction of sp³-hybridized carbons (Fsp3) is 0.438. The van der Waals surface area contributed by atoms with Gasteiger partial charge in [0.05, 0.1) is 26.3 Å². The Bertz CT molecular complexity index is 1350. The maximum absolute atomic E-state index is 14.0. The minimum atomic E-state index is -0.121. The third-order valence-corrected chi connectivity index (χ3v) is 8.07. The Morgan fingerprint density at radius 1 is 0.927 bits per heavy atom. The summed E-state index contributed by atoms with van der Waals surface area (Å²) in [6, 6.07) is 19.7. The van der Waals surface area contributed by atoms with Gasteiger partial charge in [-0.25, -0.2) is 0 Å². The van der Waals surface area contributed by atoms with E-state index in [-0.39, 0.29) is 37.0 Å². The zero-order valence-corrected chi connectivity index (χ0v) is 23.5. The first-order valence-electron chi connectivity index (χ1n) is 14.4. The van der Waals surface area contributed by atoms with Crippen LogP contribution in [0.4, 0.5) is 0 Å². The minimum absolute atomic E-state index is 0.0193. The Hall–Kier alpha value is -3.82. The van der Waals surface area contributed by atoms with E-state index >= 15 is 0 Å². The average molecular weight is 560 g/mol. The van der Waals surface area contributed by atoms with Crippen molar-refractivity contribution in [1.29, 1.82) is 0 Å². The number of rotatable bonds is 11. The molecule has 0 spiro atoms. The summed E-state index contributed by atoms with van der Waals surface area (Å²) in [5, 5.41) is 0. The lowest BCUT2D eigenvalue weighted by Gasteiger charge is -2.31.